The van der Waals surface area contributed by atoms with Crippen molar-refractivity contribution in [3.05, 3.63) is 58.6 Å². The fourth-order valence-corrected chi connectivity index (χ4v) is 4.04. The molecule has 2 unspecified atom stereocenters. The predicted octanol–water partition coefficient (Wildman–Crippen LogP) is 5.57. The number of para-hydroxylation sites is 1. The van der Waals surface area contributed by atoms with E-state index in [9.17, 15) is 5.11 Å². The van der Waals surface area contributed by atoms with E-state index in [0.717, 1.165) is 43.4 Å². The summed E-state index contributed by atoms with van der Waals surface area (Å²) in [5, 5.41) is 11.3. The summed E-state index contributed by atoms with van der Waals surface area (Å²) in [5.74, 6) is 1.34. The standard InChI is InChI=1S/C24H33ClN2O2.2ClH/c1-4-18(2)22-7-5-6-8-24(22)29-17-21(28)16-26-11-13-27(14-12-26)23-15-20(25)10-9-19(23)3;;/h5-10,15,18,21,28H,4,11-14,16-17H2,1-3H3;2*1H. The number of ether oxygens (including phenoxy) is 1. The summed E-state index contributed by atoms with van der Waals surface area (Å²) < 4.78 is 5.98. The second kappa shape index (κ2) is 13.4. The van der Waals surface area contributed by atoms with E-state index in [1.54, 1.807) is 0 Å². The highest BCUT2D eigenvalue weighted by Crippen LogP contribution is 2.28. The third kappa shape index (κ3) is 7.73. The van der Waals surface area contributed by atoms with Gasteiger partial charge in [0, 0.05) is 43.4 Å². The monoisotopic (exact) mass is 488 g/mol. The van der Waals surface area contributed by atoms with Gasteiger partial charge in [0.2, 0.25) is 0 Å². The van der Waals surface area contributed by atoms with Crippen LogP contribution in [0.4, 0.5) is 5.69 Å². The number of anilines is 1. The number of halogens is 3. The topological polar surface area (TPSA) is 35.9 Å². The summed E-state index contributed by atoms with van der Waals surface area (Å²) in [6, 6.07) is 14.2. The van der Waals surface area contributed by atoms with Crippen molar-refractivity contribution in [1.82, 2.24) is 4.90 Å². The second-order valence-electron chi connectivity index (χ2n) is 8.03. The zero-order valence-electron chi connectivity index (χ0n) is 18.6. The molecule has 174 valence electrons. The van der Waals surface area contributed by atoms with Gasteiger partial charge in [0.05, 0.1) is 0 Å². The second-order valence-corrected chi connectivity index (χ2v) is 8.47. The first-order valence-corrected chi connectivity index (χ1v) is 11.0. The van der Waals surface area contributed by atoms with Crippen molar-refractivity contribution in [3.63, 3.8) is 0 Å². The van der Waals surface area contributed by atoms with Gasteiger partial charge in [-0.25, -0.2) is 0 Å². The van der Waals surface area contributed by atoms with Crippen molar-refractivity contribution in [2.45, 2.75) is 39.2 Å². The van der Waals surface area contributed by atoms with Gasteiger partial charge in [0.1, 0.15) is 18.5 Å². The number of aliphatic hydroxyl groups is 1. The number of aryl methyl sites for hydroxylation is 1. The predicted molar refractivity (Wildman–Crippen MR) is 136 cm³/mol. The minimum absolute atomic E-state index is 0. The van der Waals surface area contributed by atoms with Crippen LogP contribution in [-0.2, 0) is 0 Å². The summed E-state index contributed by atoms with van der Waals surface area (Å²) >= 11 is 6.17. The van der Waals surface area contributed by atoms with Crippen LogP contribution in [0.25, 0.3) is 0 Å². The molecule has 0 amide bonds. The van der Waals surface area contributed by atoms with Crippen LogP contribution in [0, 0.1) is 6.92 Å². The molecule has 1 saturated heterocycles. The Balaban J connectivity index is 0.00000240. The number of nitrogens with zero attached hydrogens (tertiary/aromatic N) is 2. The van der Waals surface area contributed by atoms with Crippen LogP contribution in [0.15, 0.2) is 42.5 Å². The van der Waals surface area contributed by atoms with E-state index in [-0.39, 0.29) is 24.8 Å². The minimum atomic E-state index is -0.501. The zero-order valence-corrected chi connectivity index (χ0v) is 21.0. The molecule has 0 aromatic heterocycles. The number of rotatable bonds is 8. The lowest BCUT2D eigenvalue weighted by Gasteiger charge is -2.37. The molecule has 4 nitrogen and oxygen atoms in total. The molecule has 0 aliphatic carbocycles. The Morgan fingerprint density at radius 1 is 1.06 bits per heavy atom. The highest BCUT2D eigenvalue weighted by Gasteiger charge is 2.21. The lowest BCUT2D eigenvalue weighted by atomic mass is 9.98. The highest BCUT2D eigenvalue weighted by molar-refractivity contribution is 6.30. The van der Waals surface area contributed by atoms with Crippen LogP contribution >= 0.6 is 36.4 Å². The average Bonchev–Trinajstić information content (AvgIpc) is 2.74. The minimum Gasteiger partial charge on any atom is -0.491 e. The smallest absolute Gasteiger partial charge is 0.122 e. The summed E-state index contributed by atoms with van der Waals surface area (Å²) in [4.78, 5) is 4.69. The maximum absolute atomic E-state index is 10.5. The number of benzene rings is 2. The van der Waals surface area contributed by atoms with E-state index < -0.39 is 6.10 Å². The largest absolute Gasteiger partial charge is 0.491 e. The SMILES string of the molecule is CCC(C)c1ccccc1OCC(O)CN1CCN(c2cc(Cl)ccc2C)CC1.Cl.Cl. The van der Waals surface area contributed by atoms with Gasteiger partial charge in [-0.05, 0) is 48.6 Å². The molecule has 1 N–H and O–H groups in total. The molecular weight excluding hydrogens is 455 g/mol. The first-order chi connectivity index (χ1) is 14.0. The van der Waals surface area contributed by atoms with E-state index in [4.69, 9.17) is 16.3 Å². The molecular formula is C24H35Cl3N2O2. The normalized spacial score (nSPS) is 16.1. The molecule has 31 heavy (non-hydrogen) atoms. The Labute approximate surface area is 204 Å². The van der Waals surface area contributed by atoms with Crippen molar-refractivity contribution in [1.29, 1.82) is 0 Å². The maximum atomic E-state index is 10.5. The van der Waals surface area contributed by atoms with Crippen LogP contribution in [0.5, 0.6) is 5.75 Å². The Hall–Kier alpha value is -1.17. The summed E-state index contributed by atoms with van der Waals surface area (Å²) in [7, 11) is 0. The van der Waals surface area contributed by atoms with E-state index in [0.29, 0.717) is 19.1 Å². The molecule has 1 aliphatic heterocycles. The molecule has 1 aliphatic rings. The molecule has 3 rings (SSSR count). The van der Waals surface area contributed by atoms with E-state index in [2.05, 4.69) is 42.7 Å². The summed E-state index contributed by atoms with van der Waals surface area (Å²) in [6.45, 7) is 11.2. The molecule has 0 spiro atoms. The van der Waals surface area contributed by atoms with Crippen molar-refractivity contribution in [2.24, 2.45) is 0 Å². The highest BCUT2D eigenvalue weighted by atomic mass is 35.5. The van der Waals surface area contributed by atoms with E-state index >= 15 is 0 Å². The molecule has 2 aromatic rings. The third-order valence-corrected chi connectivity index (χ3v) is 6.08. The lowest BCUT2D eigenvalue weighted by molar-refractivity contribution is 0.0658. The fraction of sp³-hybridized carbons (Fsp3) is 0.500. The average molecular weight is 490 g/mol. The first kappa shape index (κ1) is 27.9. The molecule has 0 bridgehead atoms. The van der Waals surface area contributed by atoms with Crippen molar-refractivity contribution in [2.75, 3.05) is 44.2 Å². The van der Waals surface area contributed by atoms with Crippen molar-refractivity contribution < 1.29 is 9.84 Å². The molecule has 0 saturated carbocycles. The molecule has 1 heterocycles. The number of piperazine rings is 1. The Bertz CT molecular complexity index is 798. The molecule has 0 radical (unpaired) electrons. The van der Waals surface area contributed by atoms with Gasteiger partial charge in [-0.15, -0.1) is 24.8 Å². The zero-order chi connectivity index (χ0) is 20.8. The lowest BCUT2D eigenvalue weighted by Crippen LogP contribution is -2.49. The van der Waals surface area contributed by atoms with Crippen LogP contribution in [0.3, 0.4) is 0 Å². The summed E-state index contributed by atoms with van der Waals surface area (Å²) in [6.07, 6.45) is 0.568. The number of hydrogen-bond donors (Lipinski definition) is 1. The number of hydrogen-bond acceptors (Lipinski definition) is 4. The molecule has 7 heteroatoms. The molecule has 1 fully saturated rings. The van der Waals surface area contributed by atoms with Gasteiger partial charge in [0.25, 0.3) is 0 Å². The van der Waals surface area contributed by atoms with Gasteiger partial charge in [-0.2, -0.15) is 0 Å². The van der Waals surface area contributed by atoms with E-state index in [1.165, 1.54) is 16.8 Å². The van der Waals surface area contributed by atoms with E-state index in [1.807, 2.05) is 30.3 Å². The number of aliphatic hydroxyl groups excluding tert-OH is 1. The Kier molecular flexibility index (Phi) is 12.0. The van der Waals surface area contributed by atoms with Crippen LogP contribution in [-0.4, -0.2) is 55.4 Å². The van der Waals surface area contributed by atoms with Gasteiger partial charge in [-0.1, -0.05) is 49.7 Å². The maximum Gasteiger partial charge on any atom is 0.122 e. The Morgan fingerprint density at radius 2 is 1.74 bits per heavy atom. The van der Waals surface area contributed by atoms with Crippen LogP contribution in [0.2, 0.25) is 5.02 Å². The first-order valence-electron chi connectivity index (χ1n) is 10.6. The van der Waals surface area contributed by atoms with Gasteiger partial charge in [0.15, 0.2) is 0 Å². The van der Waals surface area contributed by atoms with Crippen LogP contribution < -0.4 is 9.64 Å². The van der Waals surface area contributed by atoms with Gasteiger partial charge >= 0.3 is 0 Å². The molecule has 2 atom stereocenters. The van der Waals surface area contributed by atoms with Crippen molar-refractivity contribution in [3.8, 4) is 5.75 Å². The van der Waals surface area contributed by atoms with Crippen molar-refractivity contribution >= 4 is 42.1 Å². The fourth-order valence-electron chi connectivity index (χ4n) is 3.87. The molecule has 2 aromatic carbocycles. The quantitative estimate of drug-likeness (QED) is 0.526. The van der Waals surface area contributed by atoms with Gasteiger partial charge < -0.3 is 14.7 Å². The number of β-amino-alcohol motifs (C(OH)–C–C–N with tert-alkyl or cyclic N) is 1. The summed E-state index contributed by atoms with van der Waals surface area (Å²) in [5.41, 5.74) is 3.67. The van der Waals surface area contributed by atoms with Crippen LogP contribution in [0.1, 0.15) is 37.3 Å². The van der Waals surface area contributed by atoms with Gasteiger partial charge in [-0.3, -0.25) is 4.90 Å². The Morgan fingerprint density at radius 3 is 2.42 bits per heavy atom. The third-order valence-electron chi connectivity index (χ3n) is 5.85.